The molecule has 0 unspecified atom stereocenters. The van der Waals surface area contributed by atoms with Gasteiger partial charge in [0.1, 0.15) is 5.69 Å². The molecule has 0 N–H and O–H groups in total. The monoisotopic (exact) mass is 411 g/mol. The number of rotatable bonds is 1. The number of halogens is 3. The van der Waals surface area contributed by atoms with E-state index in [-0.39, 0.29) is 16.8 Å². The van der Waals surface area contributed by atoms with E-state index in [2.05, 4.69) is 31.9 Å². The molecule has 0 atom stereocenters. The minimum atomic E-state index is -0.606. The van der Waals surface area contributed by atoms with Crippen LogP contribution in [0, 0.1) is 12.7 Å². The molecule has 1 heterocycles. The minimum Gasteiger partial charge on any atom is -0.268 e. The quantitative estimate of drug-likeness (QED) is 0.648. The molecule has 1 aliphatic rings. The van der Waals surface area contributed by atoms with Gasteiger partial charge in [-0.3, -0.25) is 9.59 Å². The van der Waals surface area contributed by atoms with Gasteiger partial charge in [-0.15, -0.1) is 0 Å². The number of fused-ring (bicyclic) bond motifs is 1. The molecular formula is C15H8Br2FNO2. The first kappa shape index (κ1) is 14.4. The molecule has 2 aromatic rings. The lowest BCUT2D eigenvalue weighted by atomic mass is 10.1. The fourth-order valence-electron chi connectivity index (χ4n) is 2.27. The lowest BCUT2D eigenvalue weighted by Gasteiger charge is -2.18. The van der Waals surface area contributed by atoms with E-state index < -0.39 is 17.6 Å². The molecule has 0 radical (unpaired) electrons. The van der Waals surface area contributed by atoms with Crippen molar-refractivity contribution in [3.63, 3.8) is 0 Å². The highest BCUT2D eigenvalue weighted by Gasteiger charge is 2.39. The second kappa shape index (κ2) is 5.03. The van der Waals surface area contributed by atoms with Crippen molar-refractivity contribution in [2.75, 3.05) is 4.90 Å². The van der Waals surface area contributed by atoms with Crippen LogP contribution in [0.25, 0.3) is 0 Å². The van der Waals surface area contributed by atoms with Gasteiger partial charge in [0, 0.05) is 14.5 Å². The van der Waals surface area contributed by atoms with Crippen LogP contribution in [-0.4, -0.2) is 11.8 Å². The Morgan fingerprint density at radius 3 is 2.05 bits per heavy atom. The summed E-state index contributed by atoms with van der Waals surface area (Å²) in [6, 6.07) is 8.09. The van der Waals surface area contributed by atoms with Crippen LogP contribution in [0.3, 0.4) is 0 Å². The molecule has 0 saturated heterocycles. The Bertz CT molecular complexity index is 770. The van der Waals surface area contributed by atoms with Crippen molar-refractivity contribution >= 4 is 49.4 Å². The zero-order valence-electron chi connectivity index (χ0n) is 10.8. The summed E-state index contributed by atoms with van der Waals surface area (Å²) in [5.74, 6) is -1.64. The highest BCUT2D eigenvalue weighted by atomic mass is 79.9. The molecule has 21 heavy (non-hydrogen) atoms. The SMILES string of the molecule is Cc1c(Br)cc(Br)c(N2C(=O)c3ccccc3C2=O)c1F. The summed E-state index contributed by atoms with van der Waals surface area (Å²) in [5, 5.41) is 0. The maximum Gasteiger partial charge on any atom is 0.266 e. The predicted octanol–water partition coefficient (Wildman–Crippen LogP) is 4.46. The van der Waals surface area contributed by atoms with Crippen LogP contribution >= 0.6 is 31.9 Å². The third-order valence-electron chi connectivity index (χ3n) is 3.39. The summed E-state index contributed by atoms with van der Waals surface area (Å²) in [4.78, 5) is 25.7. The Balaban J connectivity index is 2.23. The number of nitrogens with zero attached hydrogens (tertiary/aromatic N) is 1. The highest BCUT2D eigenvalue weighted by Crippen LogP contribution is 2.39. The first-order chi connectivity index (χ1) is 9.93. The first-order valence-corrected chi connectivity index (χ1v) is 7.64. The summed E-state index contributed by atoms with van der Waals surface area (Å²) in [5.41, 5.74) is 0.857. The molecule has 0 saturated carbocycles. The van der Waals surface area contributed by atoms with E-state index in [4.69, 9.17) is 0 Å². The number of anilines is 1. The van der Waals surface area contributed by atoms with E-state index in [1.165, 1.54) is 0 Å². The summed E-state index contributed by atoms with van der Waals surface area (Å²) >= 11 is 6.47. The lowest BCUT2D eigenvalue weighted by Crippen LogP contribution is -2.30. The third-order valence-corrected chi connectivity index (χ3v) is 4.82. The smallest absolute Gasteiger partial charge is 0.266 e. The largest absolute Gasteiger partial charge is 0.268 e. The van der Waals surface area contributed by atoms with Crippen molar-refractivity contribution in [3.8, 4) is 0 Å². The van der Waals surface area contributed by atoms with E-state index >= 15 is 0 Å². The number of amides is 2. The van der Waals surface area contributed by atoms with Gasteiger partial charge in [0.25, 0.3) is 11.8 Å². The normalized spacial score (nSPS) is 13.8. The molecule has 0 aliphatic carbocycles. The zero-order valence-corrected chi connectivity index (χ0v) is 14.0. The van der Waals surface area contributed by atoms with Crippen molar-refractivity contribution in [1.82, 2.24) is 0 Å². The molecule has 6 heteroatoms. The molecule has 0 spiro atoms. The molecular weight excluding hydrogens is 405 g/mol. The van der Waals surface area contributed by atoms with Crippen molar-refractivity contribution in [2.24, 2.45) is 0 Å². The van der Waals surface area contributed by atoms with Crippen LogP contribution < -0.4 is 4.90 Å². The standard InChI is InChI=1S/C15H8Br2FNO2/c1-7-10(16)6-11(17)13(12(7)18)19-14(20)8-4-2-3-5-9(8)15(19)21/h2-6H,1H3. The van der Waals surface area contributed by atoms with Crippen LogP contribution in [0.15, 0.2) is 39.3 Å². The molecule has 0 bridgehead atoms. The maximum atomic E-state index is 14.5. The lowest BCUT2D eigenvalue weighted by molar-refractivity contribution is 0.0924. The van der Waals surface area contributed by atoms with Crippen LogP contribution in [-0.2, 0) is 0 Å². The van der Waals surface area contributed by atoms with Gasteiger partial charge in [0.05, 0.1) is 11.1 Å². The summed E-state index contributed by atoms with van der Waals surface area (Å²) in [6.07, 6.45) is 0. The molecule has 3 rings (SSSR count). The third kappa shape index (κ3) is 2.05. The fraction of sp³-hybridized carbons (Fsp3) is 0.0667. The van der Waals surface area contributed by atoms with Gasteiger partial charge < -0.3 is 0 Å². The van der Waals surface area contributed by atoms with Crippen molar-refractivity contribution in [2.45, 2.75) is 6.92 Å². The Kier molecular flexibility index (Phi) is 3.45. The average Bonchev–Trinajstić information content (AvgIpc) is 2.71. The van der Waals surface area contributed by atoms with Gasteiger partial charge in [-0.1, -0.05) is 28.1 Å². The van der Waals surface area contributed by atoms with E-state index in [0.29, 0.717) is 14.5 Å². The van der Waals surface area contributed by atoms with Crippen LogP contribution in [0.1, 0.15) is 26.3 Å². The Morgan fingerprint density at radius 2 is 1.52 bits per heavy atom. The van der Waals surface area contributed by atoms with Crippen LogP contribution in [0.4, 0.5) is 10.1 Å². The first-order valence-electron chi connectivity index (χ1n) is 6.05. The van der Waals surface area contributed by atoms with E-state index in [1.807, 2.05) is 0 Å². The highest BCUT2D eigenvalue weighted by molar-refractivity contribution is 9.11. The maximum absolute atomic E-state index is 14.5. The van der Waals surface area contributed by atoms with Gasteiger partial charge in [-0.25, -0.2) is 9.29 Å². The Morgan fingerprint density at radius 1 is 1.00 bits per heavy atom. The Labute approximate surface area is 137 Å². The van der Waals surface area contributed by atoms with E-state index in [1.54, 1.807) is 37.3 Å². The van der Waals surface area contributed by atoms with Gasteiger partial charge in [-0.2, -0.15) is 0 Å². The molecule has 106 valence electrons. The van der Waals surface area contributed by atoms with Gasteiger partial charge >= 0.3 is 0 Å². The zero-order chi connectivity index (χ0) is 15.3. The average molecular weight is 413 g/mol. The van der Waals surface area contributed by atoms with E-state index in [9.17, 15) is 14.0 Å². The van der Waals surface area contributed by atoms with Gasteiger partial charge in [0.2, 0.25) is 0 Å². The fourth-order valence-corrected chi connectivity index (χ4v) is 3.56. The summed E-state index contributed by atoms with van der Waals surface area (Å²) in [7, 11) is 0. The second-order valence-corrected chi connectivity index (χ2v) is 6.33. The molecule has 1 aliphatic heterocycles. The van der Waals surface area contributed by atoms with Gasteiger partial charge in [-0.05, 0) is 41.1 Å². The number of benzene rings is 2. The number of carbonyl (C=O) groups excluding carboxylic acids is 2. The topological polar surface area (TPSA) is 37.4 Å². The molecule has 3 nitrogen and oxygen atoms in total. The number of carbonyl (C=O) groups is 2. The minimum absolute atomic E-state index is 0.0538. The molecule has 0 aromatic heterocycles. The van der Waals surface area contributed by atoms with Crippen LogP contribution in [0.5, 0.6) is 0 Å². The summed E-state index contributed by atoms with van der Waals surface area (Å²) in [6.45, 7) is 1.58. The number of imide groups is 1. The second-order valence-electron chi connectivity index (χ2n) is 4.62. The molecule has 2 aromatic carbocycles. The number of hydrogen-bond donors (Lipinski definition) is 0. The van der Waals surface area contributed by atoms with Crippen LogP contribution in [0.2, 0.25) is 0 Å². The molecule has 2 amide bonds. The molecule has 0 fully saturated rings. The number of hydrogen-bond acceptors (Lipinski definition) is 2. The van der Waals surface area contributed by atoms with Gasteiger partial charge in [0.15, 0.2) is 5.82 Å². The predicted molar refractivity (Wildman–Crippen MR) is 84.1 cm³/mol. The van der Waals surface area contributed by atoms with Crippen molar-refractivity contribution < 1.29 is 14.0 Å². The Hall–Kier alpha value is -1.53. The van der Waals surface area contributed by atoms with E-state index in [0.717, 1.165) is 4.90 Å². The summed E-state index contributed by atoms with van der Waals surface area (Å²) < 4.78 is 15.4. The van der Waals surface area contributed by atoms with Crippen molar-refractivity contribution in [1.29, 1.82) is 0 Å². The van der Waals surface area contributed by atoms with Crippen molar-refractivity contribution in [3.05, 3.63) is 61.8 Å².